The number of aliphatic hydroxyl groups excluding tert-OH is 2. The molecule has 124 valence electrons. The molecule has 1 fully saturated rings. The summed E-state index contributed by atoms with van der Waals surface area (Å²) in [5.74, 6) is -0.432. The van der Waals surface area contributed by atoms with Crippen LogP contribution in [0, 0.1) is 5.92 Å². The maximum absolute atomic E-state index is 11.7. The predicted molar refractivity (Wildman–Crippen MR) is 82.9 cm³/mol. The number of hydrogen-bond donors (Lipinski definition) is 2. The van der Waals surface area contributed by atoms with Crippen LogP contribution in [0.5, 0.6) is 0 Å². The van der Waals surface area contributed by atoms with Gasteiger partial charge in [-0.2, -0.15) is 0 Å². The second kappa shape index (κ2) is 11.0. The number of cyclic esters (lactones) is 1. The zero-order valence-electron chi connectivity index (χ0n) is 13.4. The maximum atomic E-state index is 11.7. The highest BCUT2D eigenvalue weighted by Gasteiger charge is 2.34. The van der Waals surface area contributed by atoms with E-state index in [4.69, 9.17) is 9.84 Å². The van der Waals surface area contributed by atoms with Crippen molar-refractivity contribution in [3.8, 4) is 0 Å². The average Bonchev–Trinajstić information content (AvgIpc) is 2.82. The van der Waals surface area contributed by atoms with Crippen LogP contribution in [0.15, 0.2) is 0 Å². The van der Waals surface area contributed by atoms with Crippen LogP contribution in [-0.2, 0) is 9.53 Å². The molecule has 1 aliphatic rings. The minimum atomic E-state index is -0.801. The van der Waals surface area contributed by atoms with Crippen molar-refractivity contribution in [1.82, 2.24) is 0 Å². The van der Waals surface area contributed by atoms with Gasteiger partial charge in [0.05, 0.1) is 18.6 Å². The third-order valence-electron chi connectivity index (χ3n) is 4.31. The molecule has 0 unspecified atom stereocenters. The Kier molecular flexibility index (Phi) is 9.68. The van der Waals surface area contributed by atoms with Crippen LogP contribution < -0.4 is 0 Å². The predicted octanol–water partition coefficient (Wildman–Crippen LogP) is 3.19. The van der Waals surface area contributed by atoms with Gasteiger partial charge in [0.15, 0.2) is 0 Å². The molecule has 2 N–H and O–H groups in total. The van der Waals surface area contributed by atoms with Crippen LogP contribution in [-0.4, -0.2) is 35.0 Å². The van der Waals surface area contributed by atoms with Crippen LogP contribution in [0.2, 0.25) is 0 Å². The first-order valence-electron chi connectivity index (χ1n) is 8.66. The summed E-state index contributed by atoms with van der Waals surface area (Å²) in [5, 5.41) is 18.2. The smallest absolute Gasteiger partial charge is 0.309 e. The molecule has 0 aromatic heterocycles. The largest absolute Gasteiger partial charge is 0.462 e. The van der Waals surface area contributed by atoms with Gasteiger partial charge in [-0.05, 0) is 25.7 Å². The molecule has 21 heavy (non-hydrogen) atoms. The van der Waals surface area contributed by atoms with E-state index in [2.05, 4.69) is 6.92 Å². The number of unbranched alkanes of at least 4 members (excludes halogenated alkanes) is 7. The fourth-order valence-corrected chi connectivity index (χ4v) is 3.00. The van der Waals surface area contributed by atoms with E-state index < -0.39 is 6.10 Å². The van der Waals surface area contributed by atoms with E-state index in [0.717, 1.165) is 12.8 Å². The summed E-state index contributed by atoms with van der Waals surface area (Å²) in [4.78, 5) is 11.7. The Balaban J connectivity index is 2.02. The maximum Gasteiger partial charge on any atom is 0.309 e. The molecule has 0 aliphatic carbocycles. The van der Waals surface area contributed by atoms with Crippen LogP contribution in [0.1, 0.15) is 77.6 Å². The van der Waals surface area contributed by atoms with Gasteiger partial charge in [0.1, 0.15) is 6.10 Å². The monoisotopic (exact) mass is 300 g/mol. The average molecular weight is 300 g/mol. The van der Waals surface area contributed by atoms with Gasteiger partial charge in [-0.25, -0.2) is 0 Å². The van der Waals surface area contributed by atoms with E-state index in [1.807, 2.05) is 0 Å². The zero-order chi connectivity index (χ0) is 15.5. The minimum Gasteiger partial charge on any atom is -0.462 e. The first kappa shape index (κ1) is 18.4. The van der Waals surface area contributed by atoms with Gasteiger partial charge in [-0.3, -0.25) is 4.79 Å². The van der Waals surface area contributed by atoms with Gasteiger partial charge in [0, 0.05) is 0 Å². The highest BCUT2D eigenvalue weighted by molar-refractivity contribution is 5.74. The Labute approximate surface area is 128 Å². The van der Waals surface area contributed by atoms with Crippen molar-refractivity contribution in [2.24, 2.45) is 5.92 Å². The number of rotatable bonds is 12. The molecule has 0 aromatic carbocycles. The van der Waals surface area contributed by atoms with E-state index in [1.54, 1.807) is 0 Å². The number of ether oxygens (including phenoxy) is 1. The van der Waals surface area contributed by atoms with Crippen LogP contribution in [0.4, 0.5) is 0 Å². The van der Waals surface area contributed by atoms with Gasteiger partial charge >= 0.3 is 5.97 Å². The number of carbonyl (C=O) groups excluding carboxylic acids is 1. The lowest BCUT2D eigenvalue weighted by molar-refractivity contribution is -0.145. The summed E-state index contributed by atoms with van der Waals surface area (Å²) >= 11 is 0. The molecule has 1 aliphatic heterocycles. The van der Waals surface area contributed by atoms with Crippen molar-refractivity contribution in [3.63, 3.8) is 0 Å². The molecule has 0 saturated carbocycles. The molecule has 0 bridgehead atoms. The van der Waals surface area contributed by atoms with E-state index in [9.17, 15) is 9.90 Å². The highest BCUT2D eigenvalue weighted by Crippen LogP contribution is 2.28. The van der Waals surface area contributed by atoms with E-state index in [1.165, 1.54) is 44.9 Å². The molecule has 0 spiro atoms. The van der Waals surface area contributed by atoms with Crippen molar-refractivity contribution >= 4 is 5.97 Å². The van der Waals surface area contributed by atoms with Gasteiger partial charge in [0.25, 0.3) is 0 Å². The molecule has 3 atom stereocenters. The molecule has 4 heteroatoms. The van der Waals surface area contributed by atoms with Crippen molar-refractivity contribution < 1.29 is 19.7 Å². The molecule has 4 nitrogen and oxygen atoms in total. The Morgan fingerprint density at radius 2 is 1.76 bits per heavy atom. The minimum absolute atomic E-state index is 0.0217. The third kappa shape index (κ3) is 7.82. The first-order valence-corrected chi connectivity index (χ1v) is 8.66. The Hall–Kier alpha value is -0.610. The van der Waals surface area contributed by atoms with Crippen molar-refractivity contribution in [1.29, 1.82) is 0 Å². The second-order valence-electron chi connectivity index (χ2n) is 6.33. The molecule has 0 amide bonds. The normalized spacial score (nSPS) is 23.3. The molecule has 1 saturated heterocycles. The quantitative estimate of drug-likeness (QED) is 0.429. The summed E-state index contributed by atoms with van der Waals surface area (Å²) in [6.45, 7) is 1.95. The van der Waals surface area contributed by atoms with Gasteiger partial charge < -0.3 is 14.9 Å². The fourth-order valence-electron chi connectivity index (χ4n) is 3.00. The Morgan fingerprint density at radius 1 is 1.14 bits per heavy atom. The number of hydrogen-bond acceptors (Lipinski definition) is 4. The van der Waals surface area contributed by atoms with E-state index >= 15 is 0 Å². The molecule has 0 radical (unpaired) electrons. The summed E-state index contributed by atoms with van der Waals surface area (Å²) in [6.07, 6.45) is 11.4. The Morgan fingerprint density at radius 3 is 2.38 bits per heavy atom. The lowest BCUT2D eigenvalue weighted by Crippen LogP contribution is -2.20. The molecule has 0 aromatic rings. The third-order valence-corrected chi connectivity index (χ3v) is 4.31. The van der Waals surface area contributed by atoms with Crippen LogP contribution in [0.25, 0.3) is 0 Å². The summed E-state index contributed by atoms with van der Waals surface area (Å²) in [5.41, 5.74) is 0. The van der Waals surface area contributed by atoms with Gasteiger partial charge in [-0.1, -0.05) is 51.9 Å². The standard InChI is InChI=1S/C17H32O4/c1-2-3-4-5-6-7-8-9-10-16-12-14(17(20)21-16)11-15(19)13-18/h14-16,18-19H,2-13H2,1H3/t14-,15+,16+/m0/s1. The van der Waals surface area contributed by atoms with Crippen LogP contribution in [0.3, 0.4) is 0 Å². The molecule has 1 rings (SSSR count). The van der Waals surface area contributed by atoms with Gasteiger partial charge in [0.2, 0.25) is 0 Å². The van der Waals surface area contributed by atoms with Crippen LogP contribution >= 0.6 is 0 Å². The Bertz CT molecular complexity index is 280. The first-order chi connectivity index (χ1) is 10.2. The van der Waals surface area contributed by atoms with E-state index in [0.29, 0.717) is 12.8 Å². The summed E-state index contributed by atoms with van der Waals surface area (Å²) < 4.78 is 5.35. The lowest BCUT2D eigenvalue weighted by Gasteiger charge is -2.10. The molecular weight excluding hydrogens is 268 g/mol. The number of aliphatic hydroxyl groups is 2. The summed E-state index contributed by atoms with van der Waals surface area (Å²) in [7, 11) is 0. The van der Waals surface area contributed by atoms with Crippen molar-refractivity contribution in [3.05, 3.63) is 0 Å². The topological polar surface area (TPSA) is 66.8 Å². The fraction of sp³-hybridized carbons (Fsp3) is 0.941. The molecular formula is C17H32O4. The zero-order valence-corrected chi connectivity index (χ0v) is 13.4. The van der Waals surface area contributed by atoms with E-state index in [-0.39, 0.29) is 24.6 Å². The number of esters is 1. The second-order valence-corrected chi connectivity index (χ2v) is 6.33. The molecule has 1 heterocycles. The number of carbonyl (C=O) groups is 1. The summed E-state index contributed by atoms with van der Waals surface area (Å²) in [6, 6.07) is 0. The van der Waals surface area contributed by atoms with Gasteiger partial charge in [-0.15, -0.1) is 0 Å². The van der Waals surface area contributed by atoms with Crippen molar-refractivity contribution in [2.75, 3.05) is 6.61 Å². The van der Waals surface area contributed by atoms with Crippen molar-refractivity contribution in [2.45, 2.75) is 89.8 Å². The lowest BCUT2D eigenvalue weighted by atomic mass is 9.96. The SMILES string of the molecule is CCCCCCCCCC[C@@H]1C[C@H](C[C@@H](O)CO)C(=O)O1. The highest BCUT2D eigenvalue weighted by atomic mass is 16.5.